The van der Waals surface area contributed by atoms with Crippen LogP contribution in [0.4, 0.5) is 0 Å². The second-order valence-electron chi connectivity index (χ2n) is 5.05. The monoisotopic (exact) mass is 305 g/mol. The van der Waals surface area contributed by atoms with E-state index >= 15 is 0 Å². The second kappa shape index (κ2) is 9.32. The predicted octanol–water partition coefficient (Wildman–Crippen LogP) is 1.91. The Labute approximate surface area is 129 Å². The van der Waals surface area contributed by atoms with E-state index in [0.717, 1.165) is 18.4 Å². The highest BCUT2D eigenvalue weighted by molar-refractivity contribution is 5.98. The number of nitrogens with zero attached hydrogens (tertiary/aromatic N) is 1. The van der Waals surface area contributed by atoms with Crippen LogP contribution in [0.1, 0.15) is 38.2 Å². The summed E-state index contributed by atoms with van der Waals surface area (Å²) in [7, 11) is 0.455. The van der Waals surface area contributed by atoms with E-state index < -0.39 is 5.60 Å². The fourth-order valence-corrected chi connectivity index (χ4v) is 2.48. The average Bonchev–Trinajstić information content (AvgIpc) is 2.53. The summed E-state index contributed by atoms with van der Waals surface area (Å²) in [4.78, 5) is 11.7. The van der Waals surface area contributed by atoms with Gasteiger partial charge in [0.1, 0.15) is 16.1 Å². The summed E-state index contributed by atoms with van der Waals surface area (Å²) < 4.78 is 10.7. The molecule has 0 aliphatic rings. The summed E-state index contributed by atoms with van der Waals surface area (Å²) in [5, 5.41) is 9.46. The smallest absolute Gasteiger partial charge is 0.305 e. The van der Waals surface area contributed by atoms with Crippen LogP contribution in [-0.2, 0) is 20.4 Å². The highest BCUT2D eigenvalue weighted by Gasteiger charge is 2.30. The molecule has 1 atom stereocenters. The second-order valence-corrected chi connectivity index (χ2v) is 5.45. The van der Waals surface area contributed by atoms with E-state index in [0.29, 0.717) is 29.9 Å². The van der Waals surface area contributed by atoms with Crippen LogP contribution in [0.2, 0.25) is 0 Å². The lowest BCUT2D eigenvalue weighted by molar-refractivity contribution is -0.144. The lowest BCUT2D eigenvalue weighted by Gasteiger charge is -2.25. The molecule has 0 spiro atoms. The van der Waals surface area contributed by atoms with Crippen LogP contribution in [0.3, 0.4) is 0 Å². The number of benzene rings is 1. The van der Waals surface area contributed by atoms with Gasteiger partial charge in [-0.1, -0.05) is 43.7 Å². The number of carbonyl (C=O) groups is 1. The van der Waals surface area contributed by atoms with E-state index in [-0.39, 0.29) is 12.4 Å². The summed E-state index contributed by atoms with van der Waals surface area (Å²) in [6, 6.07) is 12.0. The van der Waals surface area contributed by atoms with E-state index in [2.05, 4.69) is 6.07 Å². The van der Waals surface area contributed by atoms with E-state index in [1.165, 1.54) is 0 Å². The van der Waals surface area contributed by atoms with Gasteiger partial charge in [0, 0.05) is 12.8 Å². The van der Waals surface area contributed by atoms with Gasteiger partial charge in [-0.05, 0) is 18.4 Å². The first-order valence-electron chi connectivity index (χ1n) is 7.31. The third kappa shape index (κ3) is 6.11. The molecule has 5 heteroatoms. The van der Waals surface area contributed by atoms with Crippen LogP contribution < -0.4 is 0 Å². The minimum atomic E-state index is -0.919. The number of unbranched alkanes of at least 4 members (excludes halogenated alkanes) is 1. The molecule has 0 N–H and O–H groups in total. The van der Waals surface area contributed by atoms with Gasteiger partial charge in [-0.15, -0.1) is 0 Å². The van der Waals surface area contributed by atoms with Crippen LogP contribution in [0.15, 0.2) is 30.3 Å². The molecule has 0 saturated carbocycles. The molecule has 0 radical (unpaired) electrons. The van der Waals surface area contributed by atoms with Gasteiger partial charge in [-0.25, -0.2) is 0 Å². The molecule has 0 bridgehead atoms. The van der Waals surface area contributed by atoms with E-state index in [9.17, 15) is 10.1 Å². The van der Waals surface area contributed by atoms with Crippen molar-refractivity contribution in [3.05, 3.63) is 35.9 Å². The van der Waals surface area contributed by atoms with Crippen LogP contribution in [0.5, 0.6) is 0 Å². The molecule has 0 heterocycles. The van der Waals surface area contributed by atoms with Gasteiger partial charge in [0.25, 0.3) is 0 Å². The average molecular weight is 305 g/mol. The predicted molar refractivity (Wildman–Crippen MR) is 84.6 cm³/mol. The maximum absolute atomic E-state index is 11.7. The molecular weight excluding hydrogens is 282 g/mol. The highest BCUT2D eigenvalue weighted by atomic mass is 28.2. The molecular formula is C16H23NO3Si. The fraction of sp³-hybridized carbons (Fsp3) is 0.500. The summed E-state index contributed by atoms with van der Waals surface area (Å²) >= 11 is 0. The molecule has 1 aromatic carbocycles. The SMILES string of the molecule is CCCCOC(=O)CCC(C#N)(Cc1ccccc1)O[SiH3]. The summed E-state index contributed by atoms with van der Waals surface area (Å²) in [5.74, 6) is -0.255. The van der Waals surface area contributed by atoms with E-state index in [4.69, 9.17) is 9.16 Å². The molecule has 0 saturated heterocycles. The van der Waals surface area contributed by atoms with E-state index in [1.807, 2.05) is 37.3 Å². The first-order valence-corrected chi connectivity index (χ1v) is 8.13. The number of ether oxygens (including phenoxy) is 1. The maximum atomic E-state index is 11.7. The number of hydrogen-bond donors (Lipinski definition) is 0. The Balaban J connectivity index is 2.56. The first kappa shape index (κ1) is 17.4. The standard InChI is InChI=1S/C16H23NO3Si/c1-2-3-11-19-15(18)9-10-16(13-17,20-21)12-14-7-5-4-6-8-14/h4-8H,2-3,9-12H2,1,21H3. The number of rotatable bonds is 9. The Bertz CT molecular complexity index is 472. The highest BCUT2D eigenvalue weighted by Crippen LogP contribution is 2.22. The maximum Gasteiger partial charge on any atom is 0.305 e. The molecule has 1 aromatic rings. The van der Waals surface area contributed by atoms with Crippen molar-refractivity contribution in [3.63, 3.8) is 0 Å². The van der Waals surface area contributed by atoms with Crippen molar-refractivity contribution in [1.29, 1.82) is 5.26 Å². The summed E-state index contributed by atoms with van der Waals surface area (Å²) in [5.41, 5.74) is 0.117. The third-order valence-corrected chi connectivity index (χ3v) is 4.20. The minimum absolute atomic E-state index is 0.215. The Morgan fingerprint density at radius 2 is 2.10 bits per heavy atom. The van der Waals surface area contributed by atoms with Crippen LogP contribution in [0, 0.1) is 11.3 Å². The summed E-state index contributed by atoms with van der Waals surface area (Å²) in [6.45, 7) is 2.50. The molecule has 1 unspecified atom stereocenters. The molecule has 0 aromatic heterocycles. The van der Waals surface area contributed by atoms with Gasteiger partial charge in [-0.2, -0.15) is 5.26 Å². The van der Waals surface area contributed by atoms with Gasteiger partial charge < -0.3 is 9.16 Å². The van der Waals surface area contributed by atoms with Gasteiger partial charge >= 0.3 is 5.97 Å². The summed E-state index contributed by atoms with van der Waals surface area (Å²) in [6.07, 6.45) is 2.94. The molecule has 21 heavy (non-hydrogen) atoms. The van der Waals surface area contributed by atoms with Gasteiger partial charge in [0.15, 0.2) is 0 Å². The lowest BCUT2D eigenvalue weighted by Crippen LogP contribution is -2.33. The van der Waals surface area contributed by atoms with Crippen LogP contribution in [0.25, 0.3) is 0 Å². The van der Waals surface area contributed by atoms with Crippen molar-refractivity contribution >= 4 is 16.5 Å². The molecule has 4 nitrogen and oxygen atoms in total. The van der Waals surface area contributed by atoms with Crippen molar-refractivity contribution in [1.82, 2.24) is 0 Å². The van der Waals surface area contributed by atoms with Gasteiger partial charge in [-0.3, -0.25) is 4.79 Å². The quantitative estimate of drug-likeness (QED) is 0.397. The van der Waals surface area contributed by atoms with Gasteiger partial charge in [0.2, 0.25) is 0 Å². The number of nitriles is 1. The zero-order chi connectivity index (χ0) is 15.6. The Morgan fingerprint density at radius 1 is 1.38 bits per heavy atom. The number of hydrogen-bond acceptors (Lipinski definition) is 4. The van der Waals surface area contributed by atoms with Crippen molar-refractivity contribution in [3.8, 4) is 6.07 Å². The van der Waals surface area contributed by atoms with Crippen molar-refractivity contribution in [2.45, 2.75) is 44.6 Å². The van der Waals surface area contributed by atoms with Gasteiger partial charge in [0.05, 0.1) is 12.7 Å². The Morgan fingerprint density at radius 3 is 2.67 bits per heavy atom. The Kier molecular flexibility index (Phi) is 7.73. The number of esters is 1. The molecule has 0 aliphatic carbocycles. The largest absolute Gasteiger partial charge is 0.466 e. The molecule has 1 rings (SSSR count). The van der Waals surface area contributed by atoms with Crippen molar-refractivity contribution < 1.29 is 14.0 Å². The zero-order valence-corrected chi connectivity index (χ0v) is 14.8. The van der Waals surface area contributed by atoms with Crippen molar-refractivity contribution in [2.24, 2.45) is 0 Å². The Hall–Kier alpha value is -1.64. The lowest BCUT2D eigenvalue weighted by atomic mass is 9.91. The van der Waals surface area contributed by atoms with Crippen LogP contribution >= 0.6 is 0 Å². The first-order chi connectivity index (χ1) is 10.2. The topological polar surface area (TPSA) is 59.3 Å². The van der Waals surface area contributed by atoms with Crippen LogP contribution in [-0.4, -0.2) is 28.7 Å². The third-order valence-electron chi connectivity index (χ3n) is 3.42. The fourth-order valence-electron chi connectivity index (χ4n) is 2.04. The van der Waals surface area contributed by atoms with E-state index in [1.54, 1.807) is 0 Å². The normalized spacial score (nSPS) is 13.3. The zero-order valence-electron chi connectivity index (χ0n) is 12.8. The molecule has 0 amide bonds. The molecule has 0 fully saturated rings. The number of carbonyl (C=O) groups excluding carboxylic acids is 1. The molecule has 0 aliphatic heterocycles. The molecule has 114 valence electrons. The van der Waals surface area contributed by atoms with Crippen molar-refractivity contribution in [2.75, 3.05) is 6.61 Å². The minimum Gasteiger partial charge on any atom is -0.466 e.